The fourth-order valence-electron chi connectivity index (χ4n) is 1.50. The van der Waals surface area contributed by atoms with Gasteiger partial charge in [0.2, 0.25) is 0 Å². The van der Waals surface area contributed by atoms with E-state index in [4.69, 9.17) is 46.0 Å². The van der Waals surface area contributed by atoms with Crippen molar-refractivity contribution in [1.82, 2.24) is 10.3 Å². The smallest absolute Gasteiger partial charge is 0.173 e. The highest BCUT2D eigenvalue weighted by Gasteiger charge is 2.64. The van der Waals surface area contributed by atoms with Crippen molar-refractivity contribution in [3.05, 3.63) is 0 Å². The van der Waals surface area contributed by atoms with E-state index in [1.807, 2.05) is 0 Å². The van der Waals surface area contributed by atoms with Crippen molar-refractivity contribution in [2.45, 2.75) is 29.9 Å². The first-order valence-electron chi connectivity index (χ1n) is 4.23. The van der Waals surface area contributed by atoms with Crippen LogP contribution in [0.15, 0.2) is 0 Å². The van der Waals surface area contributed by atoms with E-state index in [0.717, 1.165) is 5.01 Å². The molecule has 1 aliphatic heterocycles. The first-order valence-corrected chi connectivity index (χ1v) is 4.23. The lowest BCUT2D eigenvalue weighted by Gasteiger charge is -2.62. The van der Waals surface area contributed by atoms with Gasteiger partial charge in [-0.25, -0.2) is 0 Å². The van der Waals surface area contributed by atoms with Crippen LogP contribution in [0.1, 0.15) is 6.92 Å². The monoisotopic (exact) mass is 220 g/mol. The molecule has 17 N–H and O–H groups in total. The molecule has 0 aliphatic carbocycles. The lowest BCUT2D eigenvalue weighted by Crippen LogP contribution is -3.04. The van der Waals surface area contributed by atoms with Crippen LogP contribution in [0.5, 0.6) is 0 Å². The Morgan fingerprint density at radius 2 is 1.33 bits per heavy atom. The van der Waals surface area contributed by atoms with Crippen molar-refractivity contribution in [2.75, 3.05) is 0 Å². The highest BCUT2D eigenvalue weighted by Crippen LogP contribution is 2.25. The van der Waals surface area contributed by atoms with Crippen LogP contribution in [0.3, 0.4) is 0 Å². The molecule has 1 atom stereocenters. The topological polar surface area (TPSA) is 223 Å². The van der Waals surface area contributed by atoms with Gasteiger partial charge in [-0.15, -0.1) is 0 Å². The van der Waals surface area contributed by atoms with Crippen LogP contribution in [0.4, 0.5) is 0 Å². The number of nitrogens with two attached hydrogens (primary N) is 8. The Morgan fingerprint density at radius 3 is 1.73 bits per heavy atom. The molecule has 1 saturated heterocycles. The quantitative estimate of drug-likeness (QED) is 0.139. The van der Waals surface area contributed by atoms with Gasteiger partial charge in [0.05, 0.1) is 0 Å². The Kier molecular flexibility index (Phi) is 2.39. The molecule has 1 aliphatic rings. The van der Waals surface area contributed by atoms with Crippen LogP contribution in [0, 0.1) is 0 Å². The summed E-state index contributed by atoms with van der Waals surface area (Å²) in [5.41, 5.74) is 38.0. The molecule has 0 saturated carbocycles. The van der Waals surface area contributed by atoms with Crippen LogP contribution in [-0.2, 0) is 0 Å². The summed E-state index contributed by atoms with van der Waals surface area (Å²) in [6.45, 7) is 1.48. The van der Waals surface area contributed by atoms with Gasteiger partial charge < -0.3 is 11.5 Å². The van der Waals surface area contributed by atoms with E-state index in [-0.39, 0.29) is 0 Å². The molecule has 15 heavy (non-hydrogen) atoms. The van der Waals surface area contributed by atoms with E-state index in [1.54, 1.807) is 0 Å². The van der Waals surface area contributed by atoms with E-state index in [2.05, 4.69) is 5.32 Å². The summed E-state index contributed by atoms with van der Waals surface area (Å²) in [5, 5.41) is 3.42. The zero-order valence-electron chi connectivity index (χ0n) is 8.57. The maximum absolute atomic E-state index is 5.75. The third-order valence-corrected chi connectivity index (χ3v) is 2.71. The third-order valence-electron chi connectivity index (χ3n) is 2.71. The van der Waals surface area contributed by atoms with E-state index < -0.39 is 23.0 Å². The van der Waals surface area contributed by atoms with Crippen LogP contribution in [0.2, 0.25) is 0 Å². The third kappa shape index (κ3) is 1.44. The molecule has 0 aromatic rings. The van der Waals surface area contributed by atoms with Crippen molar-refractivity contribution in [3.63, 3.8) is 0 Å². The molecule has 0 aromatic carbocycles. The fourth-order valence-corrected chi connectivity index (χ4v) is 1.50. The molecule has 1 fully saturated rings. The van der Waals surface area contributed by atoms with Gasteiger partial charge in [-0.3, -0.25) is 39.8 Å². The van der Waals surface area contributed by atoms with Crippen molar-refractivity contribution >= 4 is 0 Å². The second-order valence-electron chi connectivity index (χ2n) is 4.21. The summed E-state index contributed by atoms with van der Waals surface area (Å²) in [6.07, 6.45) is 0. The molecule has 0 spiro atoms. The molecule has 1 heterocycles. The average molecular weight is 220 g/mol. The summed E-state index contributed by atoms with van der Waals surface area (Å²) in [5.74, 6) is 0.636. The zero-order valence-corrected chi connectivity index (χ0v) is 8.57. The number of nitrogens with one attached hydrogen (secondary N) is 1. The molecule has 0 aromatic heterocycles. The van der Waals surface area contributed by atoms with Gasteiger partial charge in [0, 0.05) is 0 Å². The second-order valence-corrected chi connectivity index (χ2v) is 4.21. The van der Waals surface area contributed by atoms with E-state index in [1.165, 1.54) is 6.92 Å². The first kappa shape index (κ1) is 12.7. The zero-order chi connectivity index (χ0) is 12.3. The number of hydrazine groups is 1. The maximum atomic E-state index is 5.75. The molecule has 1 rings (SSSR count). The molecule has 0 bridgehead atoms. The standard InChI is InChI=1S/C5H20N10/c1-2(6)14-4(9,10)3(7,8)5(11,12)15(2)13/h14H,6-13H2,1H3. The number of rotatable bonds is 0. The van der Waals surface area contributed by atoms with E-state index in [9.17, 15) is 0 Å². The van der Waals surface area contributed by atoms with Crippen molar-refractivity contribution in [3.8, 4) is 0 Å². The first-order chi connectivity index (χ1) is 6.36. The lowest BCUT2D eigenvalue weighted by molar-refractivity contribution is -0.158. The van der Waals surface area contributed by atoms with Gasteiger partial charge in [-0.2, -0.15) is 5.01 Å². The predicted molar refractivity (Wildman–Crippen MR) is 55.1 cm³/mol. The number of nitrogens with zero attached hydrogens (tertiary/aromatic N) is 1. The second kappa shape index (κ2) is 2.83. The molecular formula is C5H20N10. The molecule has 0 amide bonds. The van der Waals surface area contributed by atoms with Gasteiger partial charge in [0.25, 0.3) is 0 Å². The predicted octanol–water partition coefficient (Wildman–Crippen LogP) is -5.85. The Hall–Kier alpha value is -0.400. The summed E-state index contributed by atoms with van der Waals surface area (Å²) in [6, 6.07) is 0. The van der Waals surface area contributed by atoms with Gasteiger partial charge in [-0.1, -0.05) is 0 Å². The normalized spacial score (nSPS) is 39.0. The molecule has 90 valence electrons. The molecule has 0 radical (unpaired) electrons. The Bertz CT molecular complexity index is 267. The Labute approximate surface area is 87.2 Å². The molecule has 1 unspecified atom stereocenters. The summed E-state index contributed by atoms with van der Waals surface area (Å²) in [7, 11) is 0. The SMILES string of the molecule is CC1(N)NC(N)(N)C(N)(N)C(N)(N)N1N. The van der Waals surface area contributed by atoms with Crippen LogP contribution in [0.25, 0.3) is 0 Å². The maximum Gasteiger partial charge on any atom is 0.173 e. The van der Waals surface area contributed by atoms with Crippen LogP contribution < -0.4 is 51.3 Å². The Morgan fingerprint density at radius 1 is 0.933 bits per heavy atom. The lowest BCUT2D eigenvalue weighted by atomic mass is 9.90. The fraction of sp³-hybridized carbons (Fsp3) is 1.00. The summed E-state index contributed by atoms with van der Waals surface area (Å²) < 4.78 is 0. The highest BCUT2D eigenvalue weighted by atomic mass is 15.7. The van der Waals surface area contributed by atoms with Gasteiger partial charge in [-0.05, 0) is 6.92 Å². The molecule has 10 heteroatoms. The molecular weight excluding hydrogens is 200 g/mol. The van der Waals surface area contributed by atoms with Crippen molar-refractivity contribution in [1.29, 1.82) is 0 Å². The van der Waals surface area contributed by atoms with E-state index >= 15 is 0 Å². The van der Waals surface area contributed by atoms with Gasteiger partial charge >= 0.3 is 0 Å². The van der Waals surface area contributed by atoms with Crippen LogP contribution >= 0.6 is 0 Å². The minimum absolute atomic E-state index is 0.873. The largest absolute Gasteiger partial charge is 0.306 e. The average Bonchev–Trinajstić information content (AvgIpc) is 1.98. The summed E-state index contributed by atoms with van der Waals surface area (Å²) in [4.78, 5) is 0. The minimum atomic E-state index is -1.88. The highest BCUT2D eigenvalue weighted by molar-refractivity contribution is 5.15. The van der Waals surface area contributed by atoms with Gasteiger partial charge in [0.1, 0.15) is 5.79 Å². The van der Waals surface area contributed by atoms with E-state index in [0.29, 0.717) is 0 Å². The minimum Gasteiger partial charge on any atom is -0.306 e. The van der Waals surface area contributed by atoms with Crippen LogP contribution in [-0.4, -0.2) is 28.0 Å². The molecule has 10 nitrogen and oxygen atoms in total. The number of hydrogen-bond acceptors (Lipinski definition) is 10. The number of hydrogen-bond donors (Lipinski definition) is 9. The van der Waals surface area contributed by atoms with Crippen molar-refractivity contribution in [2.24, 2.45) is 46.0 Å². The van der Waals surface area contributed by atoms with Gasteiger partial charge in [0.15, 0.2) is 17.2 Å². The Balaban J connectivity index is 3.27. The van der Waals surface area contributed by atoms with Crippen molar-refractivity contribution < 1.29 is 0 Å². The summed E-state index contributed by atoms with van der Waals surface area (Å²) >= 11 is 0.